The van der Waals surface area contributed by atoms with Crippen LogP contribution in [0.15, 0.2) is 10.2 Å². The Kier molecular flexibility index (Phi) is 7.99. The zero-order valence-corrected chi connectivity index (χ0v) is 10.0. The first kappa shape index (κ1) is 14.9. The highest BCUT2D eigenvalue weighted by atomic mass is 16.6. The van der Waals surface area contributed by atoms with Crippen molar-refractivity contribution in [2.75, 3.05) is 13.2 Å². The van der Waals surface area contributed by atoms with E-state index in [1.54, 1.807) is 20.8 Å². The van der Waals surface area contributed by atoms with Gasteiger partial charge in [0.25, 0.3) is 0 Å². The van der Waals surface area contributed by atoms with Crippen molar-refractivity contribution in [3.8, 4) is 0 Å². The lowest BCUT2D eigenvalue weighted by Gasteiger charge is -2.00. The standard InChI is InChI=1S/C9H16N4O4/c1-4-16-8(14)12-10-6-7(3)11-13-9(15)17-5-2/h6H,4-5H2,1-3H3,(H,12,14)(H,13,15)/b10-6?,11-7+. The molecular weight excluding hydrogens is 228 g/mol. The van der Waals surface area contributed by atoms with Gasteiger partial charge in [0.1, 0.15) is 0 Å². The second-order valence-corrected chi connectivity index (χ2v) is 2.68. The van der Waals surface area contributed by atoms with E-state index < -0.39 is 12.2 Å². The Morgan fingerprint density at radius 2 is 1.65 bits per heavy atom. The molecule has 0 aliphatic carbocycles. The van der Waals surface area contributed by atoms with Gasteiger partial charge in [-0.2, -0.15) is 10.2 Å². The third-order valence-corrected chi connectivity index (χ3v) is 1.28. The van der Waals surface area contributed by atoms with Crippen LogP contribution in [-0.4, -0.2) is 37.3 Å². The molecule has 0 heterocycles. The maximum Gasteiger partial charge on any atom is 0.427 e. The molecule has 96 valence electrons. The van der Waals surface area contributed by atoms with Crippen molar-refractivity contribution in [3.05, 3.63) is 0 Å². The first-order valence-corrected chi connectivity index (χ1v) is 5.03. The van der Waals surface area contributed by atoms with Gasteiger partial charge in [-0.25, -0.2) is 20.4 Å². The fourth-order valence-electron chi connectivity index (χ4n) is 0.668. The van der Waals surface area contributed by atoms with Crippen LogP contribution in [0.5, 0.6) is 0 Å². The average molecular weight is 244 g/mol. The molecule has 0 unspecified atom stereocenters. The molecule has 0 aromatic carbocycles. The van der Waals surface area contributed by atoms with Gasteiger partial charge in [0, 0.05) is 0 Å². The number of hydrazone groups is 2. The normalized spacial score (nSPS) is 11.1. The van der Waals surface area contributed by atoms with E-state index in [2.05, 4.69) is 30.5 Å². The molecule has 0 aromatic rings. The topological polar surface area (TPSA) is 101 Å². The molecule has 0 radical (unpaired) electrons. The van der Waals surface area contributed by atoms with Crippen molar-refractivity contribution in [1.82, 2.24) is 10.9 Å². The van der Waals surface area contributed by atoms with Crippen LogP contribution in [0.3, 0.4) is 0 Å². The molecule has 0 saturated carbocycles. The van der Waals surface area contributed by atoms with Crippen LogP contribution in [-0.2, 0) is 9.47 Å². The molecule has 0 spiro atoms. The van der Waals surface area contributed by atoms with E-state index in [-0.39, 0.29) is 13.2 Å². The van der Waals surface area contributed by atoms with Crippen LogP contribution < -0.4 is 10.9 Å². The maximum atomic E-state index is 10.8. The van der Waals surface area contributed by atoms with Crippen LogP contribution in [0, 0.1) is 0 Å². The first-order valence-electron chi connectivity index (χ1n) is 5.03. The Hall–Kier alpha value is -2.12. The molecule has 0 saturated heterocycles. The van der Waals surface area contributed by atoms with Gasteiger partial charge in [0.05, 0.1) is 25.1 Å². The van der Waals surface area contributed by atoms with Gasteiger partial charge in [0.15, 0.2) is 0 Å². The highest BCUT2D eigenvalue weighted by Crippen LogP contribution is 1.78. The van der Waals surface area contributed by atoms with E-state index in [1.807, 2.05) is 0 Å². The lowest BCUT2D eigenvalue weighted by Crippen LogP contribution is -2.21. The molecule has 0 aliphatic heterocycles. The summed E-state index contributed by atoms with van der Waals surface area (Å²) in [6.45, 7) is 5.47. The summed E-state index contributed by atoms with van der Waals surface area (Å²) in [5.41, 5.74) is 4.63. The number of nitrogens with one attached hydrogen (secondary N) is 2. The molecule has 0 bridgehead atoms. The minimum atomic E-state index is -0.657. The Morgan fingerprint density at radius 3 is 2.18 bits per heavy atom. The average Bonchev–Trinajstić information content (AvgIpc) is 2.27. The third kappa shape index (κ3) is 8.85. The van der Waals surface area contributed by atoms with E-state index in [0.29, 0.717) is 5.71 Å². The summed E-state index contributed by atoms with van der Waals surface area (Å²) in [7, 11) is 0. The summed E-state index contributed by atoms with van der Waals surface area (Å²) >= 11 is 0. The monoisotopic (exact) mass is 244 g/mol. The number of hydrogen-bond donors (Lipinski definition) is 2. The first-order chi connectivity index (χ1) is 8.10. The Morgan fingerprint density at radius 1 is 1.12 bits per heavy atom. The number of hydrogen-bond acceptors (Lipinski definition) is 6. The lowest BCUT2D eigenvalue weighted by atomic mass is 10.5. The van der Waals surface area contributed by atoms with Gasteiger partial charge in [-0.15, -0.1) is 0 Å². The predicted molar refractivity (Wildman–Crippen MR) is 61.9 cm³/mol. The minimum Gasteiger partial charge on any atom is -0.449 e. The molecule has 0 rings (SSSR count). The molecule has 0 atom stereocenters. The smallest absolute Gasteiger partial charge is 0.427 e. The van der Waals surface area contributed by atoms with E-state index in [4.69, 9.17) is 0 Å². The molecule has 8 heteroatoms. The lowest BCUT2D eigenvalue weighted by molar-refractivity contribution is 0.151. The van der Waals surface area contributed by atoms with Crippen molar-refractivity contribution in [2.24, 2.45) is 10.2 Å². The van der Waals surface area contributed by atoms with Gasteiger partial charge >= 0.3 is 12.2 Å². The summed E-state index contributed by atoms with van der Waals surface area (Å²) in [5, 5.41) is 7.18. The SMILES string of the molecule is CCOC(=O)NN=C/C(C)=N/NC(=O)OCC. The van der Waals surface area contributed by atoms with E-state index >= 15 is 0 Å². The fourth-order valence-corrected chi connectivity index (χ4v) is 0.668. The van der Waals surface area contributed by atoms with Crippen molar-refractivity contribution in [2.45, 2.75) is 20.8 Å². The summed E-state index contributed by atoms with van der Waals surface area (Å²) in [6, 6.07) is 0. The summed E-state index contributed by atoms with van der Waals surface area (Å²) in [6.07, 6.45) is -0.0584. The third-order valence-electron chi connectivity index (χ3n) is 1.28. The summed E-state index contributed by atoms with van der Waals surface area (Å²) < 4.78 is 9.14. The molecule has 17 heavy (non-hydrogen) atoms. The van der Waals surface area contributed by atoms with Crippen LogP contribution in [0.4, 0.5) is 9.59 Å². The number of carbonyl (C=O) groups is 2. The largest absolute Gasteiger partial charge is 0.449 e. The van der Waals surface area contributed by atoms with Gasteiger partial charge in [-0.1, -0.05) is 0 Å². The van der Waals surface area contributed by atoms with Crippen molar-refractivity contribution in [1.29, 1.82) is 0 Å². The van der Waals surface area contributed by atoms with Crippen molar-refractivity contribution < 1.29 is 19.1 Å². The molecule has 2 N–H and O–H groups in total. The summed E-state index contributed by atoms with van der Waals surface area (Å²) in [5.74, 6) is 0. The molecule has 0 aliphatic rings. The predicted octanol–water partition coefficient (Wildman–Crippen LogP) is 0.840. The Bertz CT molecular complexity index is 314. The van der Waals surface area contributed by atoms with Crippen LogP contribution in [0.25, 0.3) is 0 Å². The highest BCUT2D eigenvalue weighted by Gasteiger charge is 1.97. The zero-order valence-electron chi connectivity index (χ0n) is 10.0. The van der Waals surface area contributed by atoms with Gasteiger partial charge < -0.3 is 9.47 Å². The van der Waals surface area contributed by atoms with Crippen LogP contribution in [0.1, 0.15) is 20.8 Å². The van der Waals surface area contributed by atoms with Gasteiger partial charge in [0.2, 0.25) is 0 Å². The van der Waals surface area contributed by atoms with Crippen LogP contribution >= 0.6 is 0 Å². The van der Waals surface area contributed by atoms with E-state index in [0.717, 1.165) is 0 Å². The zero-order chi connectivity index (χ0) is 13.1. The minimum absolute atomic E-state index is 0.263. The number of rotatable bonds is 5. The molecule has 2 amide bonds. The molecular formula is C9H16N4O4. The van der Waals surface area contributed by atoms with Crippen molar-refractivity contribution >= 4 is 24.1 Å². The van der Waals surface area contributed by atoms with Gasteiger partial charge in [-0.3, -0.25) is 0 Å². The number of carbonyl (C=O) groups excluding carboxylic acids is 2. The highest BCUT2D eigenvalue weighted by molar-refractivity contribution is 6.29. The molecule has 8 nitrogen and oxygen atoms in total. The van der Waals surface area contributed by atoms with E-state index in [9.17, 15) is 9.59 Å². The van der Waals surface area contributed by atoms with E-state index in [1.165, 1.54) is 6.21 Å². The quantitative estimate of drug-likeness (QED) is 0.552. The van der Waals surface area contributed by atoms with Crippen LogP contribution in [0.2, 0.25) is 0 Å². The summed E-state index contributed by atoms with van der Waals surface area (Å²) in [4.78, 5) is 21.6. The second kappa shape index (κ2) is 9.13. The van der Waals surface area contributed by atoms with Crippen molar-refractivity contribution in [3.63, 3.8) is 0 Å². The van der Waals surface area contributed by atoms with Gasteiger partial charge in [-0.05, 0) is 20.8 Å². The molecule has 0 aromatic heterocycles. The number of ether oxygens (including phenoxy) is 2. The second-order valence-electron chi connectivity index (χ2n) is 2.68. The Balaban J connectivity index is 3.94. The fraction of sp³-hybridized carbons (Fsp3) is 0.556. The molecule has 0 fully saturated rings. The number of nitrogens with zero attached hydrogens (tertiary/aromatic N) is 2. The maximum absolute atomic E-state index is 10.8. The Labute approximate surface area is 99.0 Å². The number of amides is 2.